The lowest BCUT2D eigenvalue weighted by Crippen LogP contribution is -2.16. The fraction of sp³-hybridized carbons (Fsp3) is 0.167. The molecule has 1 N–H and O–H groups in total. The largest absolute Gasteiger partial charge is 0.334 e. The van der Waals surface area contributed by atoms with Crippen LogP contribution in [0.25, 0.3) is 17.1 Å². The topological polar surface area (TPSA) is 98.2 Å². The number of benzene rings is 1. The number of aromatic nitrogens is 5. The minimum atomic E-state index is -0.153. The molecule has 3 heterocycles. The number of hydrogen-bond acceptors (Lipinski definition) is 6. The third-order valence-electron chi connectivity index (χ3n) is 3.91. The van der Waals surface area contributed by atoms with Crippen molar-refractivity contribution in [2.75, 3.05) is 5.32 Å². The van der Waals surface area contributed by atoms with Gasteiger partial charge in [-0.3, -0.25) is 9.20 Å². The Morgan fingerprint density at radius 3 is 2.69 bits per heavy atom. The molecule has 1 aromatic carbocycles. The van der Waals surface area contributed by atoms with E-state index in [-0.39, 0.29) is 12.3 Å². The Bertz CT molecular complexity index is 1080. The molecule has 130 valence electrons. The molecule has 0 fully saturated rings. The molecule has 0 atom stereocenters. The number of anilines is 1. The maximum atomic E-state index is 12.3. The van der Waals surface area contributed by atoms with Gasteiger partial charge in [0, 0.05) is 17.4 Å². The number of rotatable bonds is 4. The van der Waals surface area contributed by atoms with Crippen LogP contribution in [0, 0.1) is 13.8 Å². The molecule has 0 saturated heterocycles. The molecule has 4 aromatic rings. The highest BCUT2D eigenvalue weighted by Crippen LogP contribution is 2.19. The van der Waals surface area contributed by atoms with Gasteiger partial charge in [0.05, 0.1) is 6.42 Å². The fourth-order valence-electron chi connectivity index (χ4n) is 2.59. The van der Waals surface area contributed by atoms with Gasteiger partial charge < -0.3 is 9.84 Å². The van der Waals surface area contributed by atoms with E-state index in [0.717, 1.165) is 16.8 Å². The van der Waals surface area contributed by atoms with Crippen LogP contribution in [0.3, 0.4) is 0 Å². The lowest BCUT2D eigenvalue weighted by molar-refractivity contribution is -0.115. The first kappa shape index (κ1) is 15.9. The molecular formula is C18H16N6O2. The van der Waals surface area contributed by atoms with Gasteiger partial charge in [-0.05, 0) is 38.1 Å². The van der Waals surface area contributed by atoms with Crippen molar-refractivity contribution in [3.05, 3.63) is 59.8 Å². The summed E-state index contributed by atoms with van der Waals surface area (Å²) in [7, 11) is 0. The van der Waals surface area contributed by atoms with Crippen molar-refractivity contribution in [3.8, 4) is 11.5 Å². The average Bonchev–Trinajstić information content (AvgIpc) is 3.23. The van der Waals surface area contributed by atoms with Crippen LogP contribution >= 0.6 is 0 Å². The van der Waals surface area contributed by atoms with E-state index in [4.69, 9.17) is 4.52 Å². The average molecular weight is 348 g/mol. The smallest absolute Gasteiger partial charge is 0.258 e. The van der Waals surface area contributed by atoms with Gasteiger partial charge in [0.1, 0.15) is 5.82 Å². The van der Waals surface area contributed by atoms with Crippen LogP contribution in [-0.2, 0) is 11.2 Å². The molecule has 26 heavy (non-hydrogen) atoms. The maximum absolute atomic E-state index is 12.3. The quantitative estimate of drug-likeness (QED) is 0.609. The molecule has 3 aromatic heterocycles. The van der Waals surface area contributed by atoms with E-state index in [1.807, 2.05) is 37.3 Å². The van der Waals surface area contributed by atoms with Crippen LogP contribution < -0.4 is 5.32 Å². The number of hydrogen-bond donors (Lipinski definition) is 1. The lowest BCUT2D eigenvalue weighted by atomic mass is 10.2. The summed E-state index contributed by atoms with van der Waals surface area (Å²) in [6.07, 6.45) is 1.91. The third-order valence-corrected chi connectivity index (χ3v) is 3.91. The number of nitrogens with zero attached hydrogens (tertiary/aromatic N) is 5. The van der Waals surface area contributed by atoms with Crippen LogP contribution in [0.2, 0.25) is 0 Å². The standard InChI is InChI=1S/C18H16N6O2/c1-11-3-5-14(6-4-11)20-17(25)10-16-22-21-15-9-13(7-8-24(15)16)18-19-12(2)23-26-18/h3-9H,10H2,1-2H3,(H,20,25). The van der Waals surface area contributed by atoms with Crippen LogP contribution in [0.5, 0.6) is 0 Å². The zero-order valence-corrected chi connectivity index (χ0v) is 14.3. The molecule has 0 aliphatic carbocycles. The molecule has 0 spiro atoms. The Balaban J connectivity index is 1.53. The number of fused-ring (bicyclic) bond motifs is 1. The van der Waals surface area contributed by atoms with Crippen LogP contribution in [0.15, 0.2) is 47.1 Å². The second kappa shape index (κ2) is 6.40. The molecule has 8 heteroatoms. The van der Waals surface area contributed by atoms with Crippen molar-refractivity contribution in [1.29, 1.82) is 0 Å². The van der Waals surface area contributed by atoms with Gasteiger partial charge >= 0.3 is 0 Å². The molecule has 0 aliphatic rings. The van der Waals surface area contributed by atoms with Crippen LogP contribution in [0.1, 0.15) is 17.2 Å². The SMILES string of the molecule is Cc1ccc(NC(=O)Cc2nnc3cc(-c4nc(C)no4)ccn23)cc1. The predicted octanol–water partition coefficient (Wildman–Crippen LogP) is 2.58. The fourth-order valence-corrected chi connectivity index (χ4v) is 2.59. The number of nitrogens with one attached hydrogen (secondary N) is 1. The molecule has 0 saturated carbocycles. The summed E-state index contributed by atoms with van der Waals surface area (Å²) in [4.78, 5) is 16.5. The Labute approximate surface area is 148 Å². The van der Waals surface area contributed by atoms with Gasteiger partial charge in [0.2, 0.25) is 5.91 Å². The lowest BCUT2D eigenvalue weighted by Gasteiger charge is -2.05. The molecule has 8 nitrogen and oxygen atoms in total. The van der Waals surface area contributed by atoms with E-state index in [1.165, 1.54) is 0 Å². The van der Waals surface area contributed by atoms with Crippen molar-refractivity contribution in [1.82, 2.24) is 24.7 Å². The van der Waals surface area contributed by atoms with E-state index in [9.17, 15) is 4.79 Å². The number of carbonyl (C=O) groups excluding carboxylic acids is 1. The second-order valence-corrected chi connectivity index (χ2v) is 6.00. The Morgan fingerprint density at radius 1 is 1.15 bits per heavy atom. The highest BCUT2D eigenvalue weighted by Gasteiger charge is 2.13. The van der Waals surface area contributed by atoms with Crippen molar-refractivity contribution in [3.63, 3.8) is 0 Å². The maximum Gasteiger partial charge on any atom is 0.258 e. The molecule has 0 radical (unpaired) electrons. The van der Waals surface area contributed by atoms with E-state index >= 15 is 0 Å². The first-order chi connectivity index (χ1) is 12.6. The van der Waals surface area contributed by atoms with Gasteiger partial charge in [-0.15, -0.1) is 10.2 Å². The summed E-state index contributed by atoms with van der Waals surface area (Å²) in [6.45, 7) is 3.76. The van der Waals surface area contributed by atoms with Crippen LogP contribution in [0.4, 0.5) is 5.69 Å². The highest BCUT2D eigenvalue weighted by atomic mass is 16.5. The Morgan fingerprint density at radius 2 is 1.96 bits per heavy atom. The Kier molecular flexibility index (Phi) is 3.92. The number of carbonyl (C=O) groups is 1. The molecular weight excluding hydrogens is 332 g/mol. The van der Waals surface area contributed by atoms with E-state index in [1.54, 1.807) is 23.6 Å². The van der Waals surface area contributed by atoms with Gasteiger partial charge in [-0.1, -0.05) is 22.9 Å². The summed E-state index contributed by atoms with van der Waals surface area (Å²) in [5.41, 5.74) is 3.25. The molecule has 4 rings (SSSR count). The third kappa shape index (κ3) is 3.16. The van der Waals surface area contributed by atoms with Crippen molar-refractivity contribution in [2.45, 2.75) is 20.3 Å². The normalized spacial score (nSPS) is 11.0. The van der Waals surface area contributed by atoms with E-state index in [2.05, 4.69) is 25.7 Å². The summed E-state index contributed by atoms with van der Waals surface area (Å²) in [5.74, 6) is 1.39. The molecule has 0 aliphatic heterocycles. The van der Waals surface area contributed by atoms with Crippen LogP contribution in [-0.4, -0.2) is 30.6 Å². The zero-order valence-electron chi connectivity index (χ0n) is 14.3. The highest BCUT2D eigenvalue weighted by molar-refractivity contribution is 5.91. The van der Waals surface area contributed by atoms with Gasteiger partial charge in [0.15, 0.2) is 11.5 Å². The number of pyridine rings is 1. The van der Waals surface area contributed by atoms with E-state index < -0.39 is 0 Å². The first-order valence-corrected chi connectivity index (χ1v) is 8.09. The first-order valence-electron chi connectivity index (χ1n) is 8.09. The minimum absolute atomic E-state index is 0.119. The minimum Gasteiger partial charge on any atom is -0.334 e. The van der Waals surface area contributed by atoms with E-state index in [0.29, 0.717) is 23.2 Å². The second-order valence-electron chi connectivity index (χ2n) is 6.00. The summed E-state index contributed by atoms with van der Waals surface area (Å²) < 4.78 is 6.93. The monoisotopic (exact) mass is 348 g/mol. The zero-order chi connectivity index (χ0) is 18.1. The number of aryl methyl sites for hydroxylation is 2. The Hall–Kier alpha value is -3.55. The summed E-state index contributed by atoms with van der Waals surface area (Å²) in [5, 5.41) is 14.9. The molecule has 1 amide bonds. The predicted molar refractivity (Wildman–Crippen MR) is 94.5 cm³/mol. The number of amides is 1. The van der Waals surface area contributed by atoms with Gasteiger partial charge in [-0.25, -0.2) is 0 Å². The van der Waals surface area contributed by atoms with Gasteiger partial charge in [0.25, 0.3) is 5.89 Å². The van der Waals surface area contributed by atoms with Crippen molar-refractivity contribution >= 4 is 17.2 Å². The van der Waals surface area contributed by atoms with Gasteiger partial charge in [-0.2, -0.15) is 4.98 Å². The van der Waals surface area contributed by atoms with Crippen molar-refractivity contribution in [2.24, 2.45) is 0 Å². The molecule has 0 unspecified atom stereocenters. The summed E-state index contributed by atoms with van der Waals surface area (Å²) in [6, 6.07) is 11.2. The molecule has 0 bridgehead atoms. The summed E-state index contributed by atoms with van der Waals surface area (Å²) >= 11 is 0. The van der Waals surface area contributed by atoms with Crippen molar-refractivity contribution < 1.29 is 9.32 Å².